The smallest absolute Gasteiger partial charge is 0.273 e. The highest BCUT2D eigenvalue weighted by Crippen LogP contribution is 2.02. The monoisotopic (exact) mass is 220 g/mol. The molecule has 1 heterocycles. The number of nitrogens with two attached hydrogens (primary N) is 1. The molecule has 1 aromatic rings. The van der Waals surface area contributed by atoms with Crippen LogP contribution in [0.25, 0.3) is 0 Å². The summed E-state index contributed by atoms with van der Waals surface area (Å²) in [4.78, 5) is 20.9. The Kier molecular flexibility index (Phi) is 4.17. The first-order chi connectivity index (χ1) is 7.69. The lowest BCUT2D eigenvalue weighted by atomic mass is 10.3. The lowest BCUT2D eigenvalue weighted by molar-refractivity contribution is 0.0792. The third kappa shape index (κ3) is 2.90. The Hall–Kier alpha value is -2.20. The molecular weight excluding hydrogens is 208 g/mol. The normalized spacial score (nSPS) is 9.31. The minimum Gasteiger partial charge on any atom is -0.339 e. The van der Waals surface area contributed by atoms with Crippen molar-refractivity contribution in [2.45, 2.75) is 6.42 Å². The van der Waals surface area contributed by atoms with Crippen molar-refractivity contribution in [3.63, 3.8) is 0 Å². The minimum absolute atomic E-state index is 0.222. The molecule has 0 aliphatic rings. The van der Waals surface area contributed by atoms with Crippen LogP contribution in [0.3, 0.4) is 0 Å². The molecule has 0 atom stereocenters. The summed E-state index contributed by atoms with van der Waals surface area (Å²) in [7, 11) is 1.61. The predicted octanol–water partition coefficient (Wildman–Crippen LogP) is -0.252. The minimum atomic E-state index is -0.272. The molecule has 84 valence electrons. The summed E-state index contributed by atoms with van der Waals surface area (Å²) in [5.74, 6) is 5.23. The van der Waals surface area contributed by atoms with Gasteiger partial charge in [0.2, 0.25) is 0 Å². The van der Waals surface area contributed by atoms with E-state index in [0.29, 0.717) is 12.4 Å². The van der Waals surface area contributed by atoms with Crippen molar-refractivity contribution in [3.05, 3.63) is 18.1 Å². The van der Waals surface area contributed by atoms with Crippen molar-refractivity contribution in [3.8, 4) is 6.07 Å². The molecule has 7 heteroatoms. The number of aromatic nitrogens is 2. The second-order valence-electron chi connectivity index (χ2n) is 3.07. The number of rotatable bonds is 4. The van der Waals surface area contributed by atoms with E-state index in [-0.39, 0.29) is 18.0 Å². The SMILES string of the molecule is CN(CCC#N)C(=O)c1cnc(NN)cn1. The van der Waals surface area contributed by atoms with Crippen LogP contribution in [0.1, 0.15) is 16.9 Å². The molecule has 0 fully saturated rings. The fourth-order valence-electron chi connectivity index (χ4n) is 1.03. The van der Waals surface area contributed by atoms with Crippen LogP contribution in [0.2, 0.25) is 0 Å². The number of nitrogen functional groups attached to an aromatic ring is 1. The molecule has 0 unspecified atom stereocenters. The van der Waals surface area contributed by atoms with Crippen molar-refractivity contribution < 1.29 is 4.79 Å². The molecule has 0 bridgehead atoms. The van der Waals surface area contributed by atoms with E-state index in [2.05, 4.69) is 15.4 Å². The highest BCUT2D eigenvalue weighted by Gasteiger charge is 2.12. The van der Waals surface area contributed by atoms with E-state index in [0.717, 1.165) is 0 Å². The topological polar surface area (TPSA) is 108 Å². The molecule has 0 saturated heterocycles. The second kappa shape index (κ2) is 5.63. The summed E-state index contributed by atoms with van der Waals surface area (Å²) in [6.07, 6.45) is 2.99. The van der Waals surface area contributed by atoms with Gasteiger partial charge in [-0.1, -0.05) is 0 Å². The molecule has 1 amide bonds. The summed E-state index contributed by atoms with van der Waals surface area (Å²) in [5, 5.41) is 8.40. The highest BCUT2D eigenvalue weighted by atomic mass is 16.2. The molecule has 0 saturated carbocycles. The lowest BCUT2D eigenvalue weighted by Gasteiger charge is -2.14. The van der Waals surface area contributed by atoms with Crippen LogP contribution in [0.15, 0.2) is 12.4 Å². The number of amides is 1. The van der Waals surface area contributed by atoms with E-state index < -0.39 is 0 Å². The third-order valence-corrected chi connectivity index (χ3v) is 1.92. The van der Waals surface area contributed by atoms with Crippen molar-refractivity contribution in [1.82, 2.24) is 14.9 Å². The maximum atomic E-state index is 11.7. The number of nitrogens with zero attached hydrogens (tertiary/aromatic N) is 4. The van der Waals surface area contributed by atoms with Crippen LogP contribution >= 0.6 is 0 Å². The maximum absolute atomic E-state index is 11.7. The van der Waals surface area contributed by atoms with Crippen molar-refractivity contribution in [1.29, 1.82) is 5.26 Å². The second-order valence-corrected chi connectivity index (χ2v) is 3.07. The van der Waals surface area contributed by atoms with E-state index in [1.54, 1.807) is 7.05 Å². The number of nitrogens with one attached hydrogen (secondary N) is 1. The maximum Gasteiger partial charge on any atom is 0.273 e. The average molecular weight is 220 g/mol. The zero-order valence-corrected chi connectivity index (χ0v) is 8.84. The zero-order valence-electron chi connectivity index (χ0n) is 8.84. The van der Waals surface area contributed by atoms with Crippen LogP contribution in [0.4, 0.5) is 5.82 Å². The molecular formula is C9H12N6O. The van der Waals surface area contributed by atoms with Gasteiger partial charge in [-0.05, 0) is 0 Å². The van der Waals surface area contributed by atoms with Gasteiger partial charge in [-0.3, -0.25) is 4.79 Å². The summed E-state index contributed by atoms with van der Waals surface area (Å²) in [6.45, 7) is 0.369. The molecule has 0 aliphatic carbocycles. The Morgan fingerprint density at radius 1 is 1.62 bits per heavy atom. The van der Waals surface area contributed by atoms with Gasteiger partial charge in [-0.2, -0.15) is 5.26 Å². The standard InChI is InChI=1S/C9H12N6O/c1-15(4-2-3-10)9(16)7-5-13-8(14-11)6-12-7/h5-6H,2,4,11H2,1H3,(H,13,14). The van der Waals surface area contributed by atoms with Crippen molar-refractivity contribution in [2.24, 2.45) is 5.84 Å². The first kappa shape index (κ1) is 11.9. The zero-order chi connectivity index (χ0) is 12.0. The molecule has 1 rings (SSSR count). The van der Waals surface area contributed by atoms with Crippen LogP contribution < -0.4 is 11.3 Å². The molecule has 0 spiro atoms. The molecule has 0 aromatic carbocycles. The van der Waals surface area contributed by atoms with Gasteiger partial charge in [-0.25, -0.2) is 15.8 Å². The number of anilines is 1. The largest absolute Gasteiger partial charge is 0.339 e. The van der Waals surface area contributed by atoms with E-state index >= 15 is 0 Å². The van der Waals surface area contributed by atoms with Gasteiger partial charge < -0.3 is 10.3 Å². The van der Waals surface area contributed by atoms with Crippen molar-refractivity contribution in [2.75, 3.05) is 19.0 Å². The summed E-state index contributed by atoms with van der Waals surface area (Å²) >= 11 is 0. The molecule has 0 radical (unpaired) electrons. The highest BCUT2D eigenvalue weighted by molar-refractivity contribution is 5.91. The van der Waals surface area contributed by atoms with E-state index in [9.17, 15) is 4.79 Å². The Morgan fingerprint density at radius 2 is 2.38 bits per heavy atom. The van der Waals surface area contributed by atoms with E-state index in [1.807, 2.05) is 6.07 Å². The summed E-state index contributed by atoms with van der Waals surface area (Å²) < 4.78 is 0. The first-order valence-electron chi connectivity index (χ1n) is 4.60. The Morgan fingerprint density at radius 3 is 2.88 bits per heavy atom. The number of hydrogen-bond donors (Lipinski definition) is 2. The van der Waals surface area contributed by atoms with Gasteiger partial charge in [0.05, 0.1) is 24.9 Å². The molecule has 0 aliphatic heterocycles. The number of nitriles is 1. The Labute approximate surface area is 92.9 Å². The van der Waals surface area contributed by atoms with Gasteiger partial charge in [0.25, 0.3) is 5.91 Å². The predicted molar refractivity (Wildman–Crippen MR) is 57.0 cm³/mol. The summed E-state index contributed by atoms with van der Waals surface area (Å²) in [5.41, 5.74) is 2.54. The van der Waals surface area contributed by atoms with Gasteiger partial charge in [0.1, 0.15) is 5.69 Å². The Bertz CT molecular complexity index is 395. The molecule has 7 nitrogen and oxygen atoms in total. The number of carbonyl (C=O) groups is 1. The van der Waals surface area contributed by atoms with Crippen molar-refractivity contribution >= 4 is 11.7 Å². The fourth-order valence-corrected chi connectivity index (χ4v) is 1.03. The van der Waals surface area contributed by atoms with Gasteiger partial charge >= 0.3 is 0 Å². The first-order valence-corrected chi connectivity index (χ1v) is 4.60. The van der Waals surface area contributed by atoms with Crippen LogP contribution in [0.5, 0.6) is 0 Å². The molecule has 16 heavy (non-hydrogen) atoms. The molecule has 1 aromatic heterocycles. The number of carbonyl (C=O) groups excluding carboxylic acids is 1. The van der Waals surface area contributed by atoms with Crippen LogP contribution in [-0.2, 0) is 0 Å². The van der Waals surface area contributed by atoms with Gasteiger partial charge in [-0.15, -0.1) is 0 Å². The molecule has 3 N–H and O–H groups in total. The third-order valence-electron chi connectivity index (χ3n) is 1.92. The fraction of sp³-hybridized carbons (Fsp3) is 0.333. The quantitative estimate of drug-likeness (QED) is 0.535. The summed E-state index contributed by atoms with van der Waals surface area (Å²) in [6, 6.07) is 1.97. The van der Waals surface area contributed by atoms with Crippen LogP contribution in [-0.4, -0.2) is 34.4 Å². The van der Waals surface area contributed by atoms with Gasteiger partial charge in [0, 0.05) is 13.6 Å². The Balaban J connectivity index is 2.69. The average Bonchev–Trinajstić information content (AvgIpc) is 2.35. The lowest BCUT2D eigenvalue weighted by Crippen LogP contribution is -2.28. The number of hydrazine groups is 1. The number of hydrogen-bond acceptors (Lipinski definition) is 6. The van der Waals surface area contributed by atoms with Gasteiger partial charge in [0.15, 0.2) is 5.82 Å². The van der Waals surface area contributed by atoms with E-state index in [4.69, 9.17) is 11.1 Å². The van der Waals surface area contributed by atoms with Crippen LogP contribution in [0, 0.1) is 11.3 Å². The van der Waals surface area contributed by atoms with E-state index in [1.165, 1.54) is 17.3 Å².